The third-order valence-corrected chi connectivity index (χ3v) is 4.34. The van der Waals surface area contributed by atoms with E-state index in [0.717, 1.165) is 13.0 Å². The second-order valence-electron chi connectivity index (χ2n) is 4.58. The fraction of sp³-hybridized carbons (Fsp3) is 0.375. The van der Waals surface area contributed by atoms with Gasteiger partial charge in [0.2, 0.25) is 0 Å². The van der Waals surface area contributed by atoms with Crippen molar-refractivity contribution in [3.8, 4) is 10.4 Å². The van der Waals surface area contributed by atoms with Crippen molar-refractivity contribution in [1.29, 1.82) is 0 Å². The number of nitrogens with one attached hydrogen (secondary N) is 1. The highest BCUT2D eigenvalue weighted by Crippen LogP contribution is 2.31. The molecular formula is C16H21NS. The van der Waals surface area contributed by atoms with Crippen molar-refractivity contribution in [1.82, 2.24) is 5.32 Å². The van der Waals surface area contributed by atoms with Crippen LogP contribution in [0, 0.1) is 6.92 Å². The summed E-state index contributed by atoms with van der Waals surface area (Å²) in [6, 6.07) is 11.6. The van der Waals surface area contributed by atoms with Gasteiger partial charge < -0.3 is 5.32 Å². The molecule has 0 aliphatic heterocycles. The fourth-order valence-electron chi connectivity index (χ4n) is 2.31. The topological polar surface area (TPSA) is 12.0 Å². The highest BCUT2D eigenvalue weighted by Gasteiger charge is 2.10. The lowest BCUT2D eigenvalue weighted by atomic mass is 10.0. The van der Waals surface area contributed by atoms with Crippen LogP contribution in [-0.4, -0.2) is 6.54 Å². The van der Waals surface area contributed by atoms with E-state index in [1.807, 2.05) is 11.3 Å². The van der Waals surface area contributed by atoms with Crippen LogP contribution in [0.1, 0.15) is 37.4 Å². The largest absolute Gasteiger partial charge is 0.310 e. The minimum atomic E-state index is 0.468. The summed E-state index contributed by atoms with van der Waals surface area (Å²) < 4.78 is 0. The van der Waals surface area contributed by atoms with Crippen LogP contribution in [0.25, 0.3) is 10.4 Å². The van der Waals surface area contributed by atoms with Gasteiger partial charge in [0.25, 0.3) is 0 Å². The van der Waals surface area contributed by atoms with Crippen LogP contribution in [-0.2, 0) is 0 Å². The van der Waals surface area contributed by atoms with Crippen molar-refractivity contribution in [2.45, 2.75) is 33.2 Å². The third-order valence-electron chi connectivity index (χ3n) is 3.27. The van der Waals surface area contributed by atoms with Gasteiger partial charge in [0.05, 0.1) is 0 Å². The van der Waals surface area contributed by atoms with Crippen molar-refractivity contribution in [2.75, 3.05) is 6.54 Å². The van der Waals surface area contributed by atoms with Crippen molar-refractivity contribution >= 4 is 11.3 Å². The van der Waals surface area contributed by atoms with Crippen LogP contribution < -0.4 is 5.32 Å². The SMILES string of the molecule is CCNC(CC)c1cccc(-c2sccc2C)c1. The standard InChI is InChI=1S/C16H21NS/c1-4-15(17-5-2)13-7-6-8-14(11-13)16-12(3)9-10-18-16/h6-11,15,17H,4-5H2,1-3H3. The van der Waals surface area contributed by atoms with E-state index in [1.165, 1.54) is 21.6 Å². The van der Waals surface area contributed by atoms with Crippen LogP contribution >= 0.6 is 11.3 Å². The first kappa shape index (κ1) is 13.3. The first-order chi connectivity index (χ1) is 8.76. The van der Waals surface area contributed by atoms with Crippen molar-refractivity contribution in [2.24, 2.45) is 0 Å². The molecular weight excluding hydrogens is 238 g/mol. The lowest BCUT2D eigenvalue weighted by molar-refractivity contribution is 0.537. The second-order valence-corrected chi connectivity index (χ2v) is 5.49. The van der Waals surface area contributed by atoms with Crippen LogP contribution in [0.15, 0.2) is 35.7 Å². The summed E-state index contributed by atoms with van der Waals surface area (Å²) in [5.74, 6) is 0. The molecule has 1 aromatic heterocycles. The van der Waals surface area contributed by atoms with Gasteiger partial charge in [0.15, 0.2) is 0 Å². The highest BCUT2D eigenvalue weighted by atomic mass is 32.1. The highest BCUT2D eigenvalue weighted by molar-refractivity contribution is 7.13. The molecule has 0 spiro atoms. The van der Waals surface area contributed by atoms with Gasteiger partial charge in [-0.1, -0.05) is 32.0 Å². The summed E-state index contributed by atoms with van der Waals surface area (Å²) in [5.41, 5.74) is 4.11. The van der Waals surface area contributed by atoms with Crippen molar-refractivity contribution in [3.63, 3.8) is 0 Å². The van der Waals surface area contributed by atoms with E-state index in [2.05, 4.69) is 61.8 Å². The molecule has 1 unspecified atom stereocenters. The van der Waals surface area contributed by atoms with Gasteiger partial charge in [-0.05, 0) is 54.1 Å². The predicted octanol–water partition coefficient (Wildman–Crippen LogP) is 4.78. The van der Waals surface area contributed by atoms with E-state index in [9.17, 15) is 0 Å². The van der Waals surface area contributed by atoms with Crippen molar-refractivity contribution in [3.05, 3.63) is 46.8 Å². The first-order valence-corrected chi connectivity index (χ1v) is 7.52. The summed E-state index contributed by atoms with van der Waals surface area (Å²) >= 11 is 1.82. The first-order valence-electron chi connectivity index (χ1n) is 6.64. The summed E-state index contributed by atoms with van der Waals surface area (Å²) in [6.07, 6.45) is 1.13. The zero-order valence-corrected chi connectivity index (χ0v) is 12.2. The second kappa shape index (κ2) is 6.17. The number of hydrogen-bond acceptors (Lipinski definition) is 2. The van der Waals surface area contributed by atoms with Crippen molar-refractivity contribution < 1.29 is 0 Å². The lowest BCUT2D eigenvalue weighted by Crippen LogP contribution is -2.19. The lowest BCUT2D eigenvalue weighted by Gasteiger charge is -2.17. The van der Waals surface area contributed by atoms with E-state index in [0.29, 0.717) is 6.04 Å². The molecule has 0 bridgehead atoms. The molecule has 1 heterocycles. The Morgan fingerprint density at radius 1 is 1.22 bits per heavy atom. The molecule has 0 aliphatic carbocycles. The van der Waals surface area contributed by atoms with Gasteiger partial charge >= 0.3 is 0 Å². The van der Waals surface area contributed by atoms with E-state index < -0.39 is 0 Å². The number of hydrogen-bond donors (Lipinski definition) is 1. The van der Waals surface area contributed by atoms with E-state index >= 15 is 0 Å². The maximum Gasteiger partial charge on any atom is 0.0371 e. The molecule has 0 saturated heterocycles. The molecule has 1 atom stereocenters. The van der Waals surface area contributed by atoms with Gasteiger partial charge in [-0.2, -0.15) is 0 Å². The predicted molar refractivity (Wildman–Crippen MR) is 81.2 cm³/mol. The Bertz CT molecular complexity index is 501. The smallest absolute Gasteiger partial charge is 0.0371 e. The molecule has 0 saturated carbocycles. The quantitative estimate of drug-likeness (QED) is 0.814. The normalized spacial score (nSPS) is 12.6. The molecule has 1 nitrogen and oxygen atoms in total. The Labute approximate surface area is 114 Å². The number of aryl methyl sites for hydroxylation is 1. The summed E-state index contributed by atoms with van der Waals surface area (Å²) in [5, 5.41) is 5.70. The Hall–Kier alpha value is -1.12. The van der Waals surface area contributed by atoms with Gasteiger partial charge in [-0.3, -0.25) is 0 Å². The van der Waals surface area contributed by atoms with Crippen LogP contribution in [0.2, 0.25) is 0 Å². The van der Waals surface area contributed by atoms with E-state index in [4.69, 9.17) is 0 Å². The van der Waals surface area contributed by atoms with Crippen LogP contribution in [0.3, 0.4) is 0 Å². The van der Waals surface area contributed by atoms with Crippen LogP contribution in [0.4, 0.5) is 0 Å². The minimum Gasteiger partial charge on any atom is -0.310 e. The third kappa shape index (κ3) is 2.82. The zero-order chi connectivity index (χ0) is 13.0. The minimum absolute atomic E-state index is 0.468. The number of thiophene rings is 1. The molecule has 1 aromatic carbocycles. The molecule has 0 radical (unpaired) electrons. The molecule has 2 rings (SSSR count). The Morgan fingerprint density at radius 2 is 2.06 bits per heavy atom. The molecule has 0 fully saturated rings. The Balaban J connectivity index is 2.33. The van der Waals surface area contributed by atoms with Gasteiger partial charge in [-0.25, -0.2) is 0 Å². The average Bonchev–Trinajstić information content (AvgIpc) is 2.82. The molecule has 2 heteroatoms. The van der Waals surface area contributed by atoms with Gasteiger partial charge in [0, 0.05) is 10.9 Å². The van der Waals surface area contributed by atoms with Gasteiger partial charge in [0.1, 0.15) is 0 Å². The molecule has 0 amide bonds. The summed E-state index contributed by atoms with van der Waals surface area (Å²) in [7, 11) is 0. The molecule has 0 aliphatic rings. The summed E-state index contributed by atoms with van der Waals surface area (Å²) in [4.78, 5) is 1.39. The van der Waals surface area contributed by atoms with E-state index in [-0.39, 0.29) is 0 Å². The zero-order valence-electron chi connectivity index (χ0n) is 11.4. The molecule has 1 N–H and O–H groups in total. The molecule has 96 valence electrons. The van der Waals surface area contributed by atoms with E-state index in [1.54, 1.807) is 0 Å². The fourth-order valence-corrected chi connectivity index (χ4v) is 3.23. The van der Waals surface area contributed by atoms with Gasteiger partial charge in [-0.15, -0.1) is 11.3 Å². The molecule has 2 aromatic rings. The number of benzene rings is 1. The molecule has 18 heavy (non-hydrogen) atoms. The number of rotatable bonds is 5. The van der Waals surface area contributed by atoms with Crippen LogP contribution in [0.5, 0.6) is 0 Å². The maximum atomic E-state index is 3.54. The monoisotopic (exact) mass is 259 g/mol. The Morgan fingerprint density at radius 3 is 2.67 bits per heavy atom. The average molecular weight is 259 g/mol. The Kier molecular flexibility index (Phi) is 4.56. The summed E-state index contributed by atoms with van der Waals surface area (Å²) in [6.45, 7) is 7.59. The maximum absolute atomic E-state index is 3.54.